The number of phenolic OH excluding ortho intramolecular Hbond substituents is 1. The molecule has 0 unspecified atom stereocenters. The van der Waals surface area contributed by atoms with E-state index in [1.165, 1.54) is 12.1 Å². The van der Waals surface area contributed by atoms with Crippen LogP contribution in [0.5, 0.6) is 5.75 Å². The van der Waals surface area contributed by atoms with Crippen LogP contribution in [0.1, 0.15) is 48.7 Å². The lowest BCUT2D eigenvalue weighted by Gasteiger charge is -2.34. The van der Waals surface area contributed by atoms with Crippen LogP contribution < -0.4 is 16.4 Å². The smallest absolute Gasteiger partial charge is 0.414 e. The van der Waals surface area contributed by atoms with E-state index in [2.05, 4.69) is 33.2 Å². The predicted molar refractivity (Wildman–Crippen MR) is 156 cm³/mol. The lowest BCUT2D eigenvalue weighted by Crippen LogP contribution is -2.35. The molecule has 0 radical (unpaired) electrons. The highest BCUT2D eigenvalue weighted by Gasteiger charge is 2.36. The number of anilines is 2. The number of nitrogens with one attached hydrogen (secondary N) is 2. The van der Waals surface area contributed by atoms with Gasteiger partial charge in [-0.15, -0.1) is 0 Å². The van der Waals surface area contributed by atoms with E-state index in [1.807, 2.05) is 13.8 Å². The molecule has 38 heavy (non-hydrogen) atoms. The zero-order chi connectivity index (χ0) is 27.7. The van der Waals surface area contributed by atoms with Gasteiger partial charge < -0.3 is 20.9 Å². The summed E-state index contributed by atoms with van der Waals surface area (Å²) >= 11 is 2.11. The number of carbonyl (C=O) groups excluding carboxylic acids is 3. The van der Waals surface area contributed by atoms with Crippen LogP contribution in [-0.4, -0.2) is 23.0 Å². The molecule has 0 aliphatic heterocycles. The Labute approximate surface area is 235 Å². The van der Waals surface area contributed by atoms with Crippen LogP contribution in [0.3, 0.4) is 0 Å². The quantitative estimate of drug-likeness (QED) is 0.127. The Morgan fingerprint density at radius 3 is 2.45 bits per heavy atom. The number of alkyl carbamates (subject to hydrolysis) is 1. The van der Waals surface area contributed by atoms with Gasteiger partial charge in [0.2, 0.25) is 5.91 Å². The van der Waals surface area contributed by atoms with Crippen molar-refractivity contribution in [3.8, 4) is 5.75 Å². The van der Waals surface area contributed by atoms with E-state index >= 15 is 0 Å². The van der Waals surface area contributed by atoms with Crippen LogP contribution in [0.4, 0.5) is 16.2 Å². The van der Waals surface area contributed by atoms with Crippen LogP contribution >= 0.6 is 22.6 Å². The van der Waals surface area contributed by atoms with Crippen LogP contribution in [0.25, 0.3) is 0 Å². The van der Waals surface area contributed by atoms with Crippen molar-refractivity contribution >= 4 is 51.9 Å². The largest absolute Gasteiger partial charge is 0.508 e. The van der Waals surface area contributed by atoms with Gasteiger partial charge in [-0.3, -0.25) is 14.9 Å². The highest BCUT2D eigenvalue weighted by Crippen LogP contribution is 2.44. The van der Waals surface area contributed by atoms with Gasteiger partial charge in [0, 0.05) is 20.1 Å². The third-order valence-electron chi connectivity index (χ3n) is 5.90. The number of amides is 3. The van der Waals surface area contributed by atoms with Crippen LogP contribution in [0.2, 0.25) is 0 Å². The molecule has 0 heterocycles. The molecule has 0 saturated carbocycles. The van der Waals surface area contributed by atoms with Crippen molar-refractivity contribution in [1.29, 1.82) is 0 Å². The molecule has 0 saturated heterocycles. The number of ether oxygens (including phenoxy) is 1. The summed E-state index contributed by atoms with van der Waals surface area (Å²) in [7, 11) is 0. The molecule has 3 aromatic rings. The monoisotopic (exact) mass is 627 g/mol. The third kappa shape index (κ3) is 8.07. The average Bonchev–Trinajstić information content (AvgIpc) is 2.88. The molecular weight excluding hydrogens is 597 g/mol. The summed E-state index contributed by atoms with van der Waals surface area (Å²) in [5.74, 6) is -0.935. The number of allylic oxidation sites excluding steroid dienone is 1. The lowest BCUT2D eigenvalue weighted by atomic mass is 9.78. The normalized spacial score (nSPS) is 12.1. The van der Waals surface area contributed by atoms with Crippen molar-refractivity contribution in [3.63, 3.8) is 0 Å². The molecule has 198 valence electrons. The van der Waals surface area contributed by atoms with Crippen LogP contribution in [0.15, 0.2) is 84.9 Å². The molecule has 3 amide bonds. The number of imide groups is 1. The molecule has 3 rings (SSSR count). The van der Waals surface area contributed by atoms with E-state index < -0.39 is 23.5 Å². The minimum absolute atomic E-state index is 0.0268. The number of aromatic hydroxyl groups is 1. The number of hydrogen-bond acceptors (Lipinski definition) is 6. The number of carbonyl (C=O) groups is 3. The second kappa shape index (κ2) is 13.1. The van der Waals surface area contributed by atoms with Crippen molar-refractivity contribution in [2.45, 2.75) is 32.8 Å². The number of rotatable bonds is 9. The van der Waals surface area contributed by atoms with Gasteiger partial charge in [-0.2, -0.15) is 0 Å². The van der Waals surface area contributed by atoms with E-state index in [-0.39, 0.29) is 11.7 Å². The lowest BCUT2D eigenvalue weighted by molar-refractivity contribution is -0.111. The van der Waals surface area contributed by atoms with Gasteiger partial charge in [-0.1, -0.05) is 50.3 Å². The van der Waals surface area contributed by atoms with E-state index in [9.17, 15) is 19.5 Å². The Morgan fingerprint density at radius 2 is 1.74 bits per heavy atom. The summed E-state index contributed by atoms with van der Waals surface area (Å²) in [4.78, 5) is 37.5. The number of nitrogens with two attached hydrogens (primary N) is 1. The molecule has 0 aliphatic rings. The number of phenols is 1. The Kier molecular flexibility index (Phi) is 9.89. The minimum atomic E-state index is -0.925. The van der Waals surface area contributed by atoms with Gasteiger partial charge in [-0.25, -0.2) is 4.79 Å². The van der Waals surface area contributed by atoms with Crippen molar-refractivity contribution in [1.82, 2.24) is 5.32 Å². The Bertz CT molecular complexity index is 1320. The minimum Gasteiger partial charge on any atom is -0.508 e. The van der Waals surface area contributed by atoms with E-state index in [0.29, 0.717) is 35.3 Å². The van der Waals surface area contributed by atoms with Gasteiger partial charge >= 0.3 is 6.09 Å². The number of nitrogen functional groups attached to an aromatic ring is 1. The van der Waals surface area contributed by atoms with Crippen molar-refractivity contribution in [3.05, 3.63) is 99.6 Å². The molecule has 3 aromatic carbocycles. The average molecular weight is 627 g/mol. The maximum atomic E-state index is 12.8. The van der Waals surface area contributed by atoms with Crippen LogP contribution in [0, 0.1) is 8.99 Å². The molecular formula is C29H30IN3O5. The van der Waals surface area contributed by atoms with Gasteiger partial charge in [0.15, 0.2) is 0 Å². The number of hydrogen-bond donors (Lipinski definition) is 4. The summed E-state index contributed by atoms with van der Waals surface area (Å²) in [6.07, 6.45) is 2.32. The number of benzene rings is 3. The molecule has 0 spiro atoms. The highest BCUT2D eigenvalue weighted by atomic mass is 127. The highest BCUT2D eigenvalue weighted by molar-refractivity contribution is 14.1. The third-order valence-corrected chi connectivity index (χ3v) is 6.57. The Hall–Kier alpha value is -3.86. The van der Waals surface area contributed by atoms with Gasteiger partial charge in [0.25, 0.3) is 5.91 Å². The number of halogens is 1. The van der Waals surface area contributed by atoms with Gasteiger partial charge in [-0.05, 0) is 84.0 Å². The molecule has 0 aromatic heterocycles. The first-order chi connectivity index (χ1) is 18.1. The molecule has 0 aliphatic carbocycles. The summed E-state index contributed by atoms with van der Waals surface area (Å²) in [5, 5.41) is 15.6. The summed E-state index contributed by atoms with van der Waals surface area (Å²) in [5.41, 5.74) is 6.92. The summed E-state index contributed by atoms with van der Waals surface area (Å²) in [6.45, 7) is 3.78. The van der Waals surface area contributed by atoms with E-state index in [0.717, 1.165) is 3.57 Å². The summed E-state index contributed by atoms with van der Waals surface area (Å²) in [6, 6.07) is 20.3. The standard InChI is InChI=1S/C29H30IN3O5/c1-29(2,17-9-8-14-25(35)32-23-13-7-6-12-22(23)31)26(21-18-20(30)15-16-24(21)34)38-28(37)33-27(36)19-10-4-3-5-11-19/h3-8,10-16,18,26,34H,9,17,31H2,1-2H3,(H,32,35)(H,33,36,37)/b14-8+/t26-/m1/s1. The second-order valence-electron chi connectivity index (χ2n) is 9.31. The predicted octanol–water partition coefficient (Wildman–Crippen LogP) is 6.19. The number of para-hydroxylation sites is 2. The van der Waals surface area contributed by atoms with Crippen LogP contribution in [-0.2, 0) is 9.53 Å². The van der Waals surface area contributed by atoms with E-state index in [1.54, 1.807) is 72.8 Å². The molecule has 9 heteroatoms. The van der Waals surface area contributed by atoms with Gasteiger partial charge in [0.05, 0.1) is 11.4 Å². The SMILES string of the molecule is CC(C)(CC/C=C/C(=O)Nc1ccccc1N)[C@H](OC(=O)NC(=O)c1ccccc1)c1cc(I)ccc1O. The topological polar surface area (TPSA) is 131 Å². The van der Waals surface area contributed by atoms with Gasteiger partial charge in [0.1, 0.15) is 11.9 Å². The molecule has 1 atom stereocenters. The first-order valence-electron chi connectivity index (χ1n) is 11.9. The van der Waals surface area contributed by atoms with Crippen molar-refractivity contribution < 1.29 is 24.2 Å². The maximum absolute atomic E-state index is 12.8. The molecule has 8 nitrogen and oxygen atoms in total. The van der Waals surface area contributed by atoms with E-state index in [4.69, 9.17) is 10.5 Å². The second-order valence-corrected chi connectivity index (χ2v) is 10.6. The molecule has 0 bridgehead atoms. The molecule has 5 N–H and O–H groups in total. The first-order valence-corrected chi connectivity index (χ1v) is 13.0. The Balaban J connectivity index is 1.71. The fourth-order valence-corrected chi connectivity index (χ4v) is 4.35. The first kappa shape index (κ1) is 28.7. The summed E-state index contributed by atoms with van der Waals surface area (Å²) < 4.78 is 6.59. The fraction of sp³-hybridized carbons (Fsp3) is 0.207. The fourth-order valence-electron chi connectivity index (χ4n) is 3.83. The maximum Gasteiger partial charge on any atom is 0.414 e. The Morgan fingerprint density at radius 1 is 1.05 bits per heavy atom. The molecule has 0 fully saturated rings. The zero-order valence-corrected chi connectivity index (χ0v) is 23.3. The van der Waals surface area contributed by atoms with Crippen molar-refractivity contribution in [2.75, 3.05) is 11.1 Å². The zero-order valence-electron chi connectivity index (χ0n) is 21.1. The van der Waals surface area contributed by atoms with Crippen molar-refractivity contribution in [2.24, 2.45) is 5.41 Å².